The second-order valence-electron chi connectivity index (χ2n) is 5.61. The van der Waals surface area contributed by atoms with E-state index in [1.165, 1.54) is 5.56 Å². The summed E-state index contributed by atoms with van der Waals surface area (Å²) in [6, 6.07) is 8.22. The lowest BCUT2D eigenvalue weighted by molar-refractivity contribution is -0.118. The summed E-state index contributed by atoms with van der Waals surface area (Å²) in [5.41, 5.74) is 1.23. The van der Waals surface area contributed by atoms with Crippen molar-refractivity contribution < 1.29 is 14.3 Å². The Hall–Kier alpha value is -1.04. The average molecular weight is 323 g/mol. The molecule has 122 valence electrons. The van der Waals surface area contributed by atoms with Crippen molar-refractivity contribution in [3.8, 4) is 0 Å². The molecule has 1 aliphatic heterocycles. The minimum absolute atomic E-state index is 0.0785. The number of carbonyl (C=O) groups is 1. The monoisotopic (exact) mass is 323 g/mol. The third-order valence-corrected chi connectivity index (χ3v) is 4.57. The van der Waals surface area contributed by atoms with E-state index in [-0.39, 0.29) is 5.91 Å². The van der Waals surface area contributed by atoms with E-state index in [2.05, 4.69) is 24.4 Å². The molecule has 0 radical (unpaired) electrons. The number of nitrogens with one attached hydrogen (secondary N) is 1. The molecule has 1 heterocycles. The zero-order valence-electron chi connectivity index (χ0n) is 13.2. The van der Waals surface area contributed by atoms with Gasteiger partial charge in [0.15, 0.2) is 0 Å². The largest absolute Gasteiger partial charge is 0.381 e. The van der Waals surface area contributed by atoms with Crippen LogP contribution in [0.25, 0.3) is 0 Å². The predicted octanol–water partition coefficient (Wildman–Crippen LogP) is 2.65. The van der Waals surface area contributed by atoms with Crippen molar-refractivity contribution in [1.82, 2.24) is 5.32 Å². The number of aryl methyl sites for hydroxylation is 1. The molecule has 22 heavy (non-hydrogen) atoms. The van der Waals surface area contributed by atoms with Gasteiger partial charge in [0.1, 0.15) is 0 Å². The van der Waals surface area contributed by atoms with Gasteiger partial charge in [-0.15, -0.1) is 11.8 Å². The number of benzene rings is 1. The smallest absolute Gasteiger partial charge is 0.230 e. The van der Waals surface area contributed by atoms with Crippen molar-refractivity contribution in [3.05, 3.63) is 29.8 Å². The Kier molecular flexibility index (Phi) is 7.77. The van der Waals surface area contributed by atoms with Crippen LogP contribution >= 0.6 is 11.8 Å². The second-order valence-corrected chi connectivity index (χ2v) is 6.66. The van der Waals surface area contributed by atoms with E-state index >= 15 is 0 Å². The van der Waals surface area contributed by atoms with E-state index in [4.69, 9.17) is 9.47 Å². The molecule has 0 bridgehead atoms. The van der Waals surface area contributed by atoms with Gasteiger partial charge in [0.05, 0.1) is 19.0 Å². The molecule has 1 unspecified atom stereocenters. The zero-order valence-corrected chi connectivity index (χ0v) is 14.0. The first-order valence-corrected chi connectivity index (χ1v) is 8.84. The van der Waals surface area contributed by atoms with Crippen LogP contribution in [0.15, 0.2) is 29.2 Å². The average Bonchev–Trinajstić information content (AvgIpc) is 3.03. The maximum Gasteiger partial charge on any atom is 0.230 e. The van der Waals surface area contributed by atoms with Gasteiger partial charge in [0.25, 0.3) is 0 Å². The maximum absolute atomic E-state index is 11.7. The van der Waals surface area contributed by atoms with E-state index in [9.17, 15) is 4.79 Å². The Morgan fingerprint density at radius 3 is 2.95 bits per heavy atom. The van der Waals surface area contributed by atoms with E-state index in [0.29, 0.717) is 24.8 Å². The summed E-state index contributed by atoms with van der Waals surface area (Å²) in [5, 5.41) is 2.93. The van der Waals surface area contributed by atoms with Gasteiger partial charge < -0.3 is 14.8 Å². The molecule has 0 aromatic heterocycles. The van der Waals surface area contributed by atoms with E-state index in [1.807, 2.05) is 12.1 Å². The fourth-order valence-corrected chi connectivity index (χ4v) is 2.93. The Morgan fingerprint density at radius 2 is 2.23 bits per heavy atom. The minimum atomic E-state index is 0.0785. The first-order chi connectivity index (χ1) is 10.7. The second kappa shape index (κ2) is 9.87. The van der Waals surface area contributed by atoms with Crippen LogP contribution in [0.3, 0.4) is 0 Å². The summed E-state index contributed by atoms with van der Waals surface area (Å²) >= 11 is 1.57. The van der Waals surface area contributed by atoms with Gasteiger partial charge in [0, 0.05) is 30.6 Å². The van der Waals surface area contributed by atoms with E-state index < -0.39 is 0 Å². The highest BCUT2D eigenvalue weighted by Gasteiger charge is 2.15. The lowest BCUT2D eigenvalue weighted by atomic mass is 10.1. The van der Waals surface area contributed by atoms with Crippen LogP contribution in [0.4, 0.5) is 0 Å². The molecule has 0 saturated carbocycles. The molecule has 1 fully saturated rings. The fourth-order valence-electron chi connectivity index (χ4n) is 2.20. The SMILES string of the molecule is Cc1ccc(SCC(=O)NCCCOCC2CCOC2)cc1. The molecule has 1 saturated heterocycles. The van der Waals surface area contributed by atoms with Crippen molar-refractivity contribution in [2.24, 2.45) is 5.92 Å². The Labute approximate surface area is 137 Å². The van der Waals surface area contributed by atoms with Crippen LogP contribution in [-0.4, -0.2) is 44.6 Å². The van der Waals surface area contributed by atoms with Gasteiger partial charge in [-0.05, 0) is 31.9 Å². The summed E-state index contributed by atoms with van der Waals surface area (Å²) in [5.74, 6) is 1.10. The summed E-state index contributed by atoms with van der Waals surface area (Å²) < 4.78 is 10.9. The molecule has 1 aromatic carbocycles. The van der Waals surface area contributed by atoms with Crippen LogP contribution in [0.2, 0.25) is 0 Å². The predicted molar refractivity (Wildman–Crippen MR) is 89.3 cm³/mol. The normalized spacial score (nSPS) is 17.6. The molecule has 1 atom stereocenters. The number of hydrogen-bond donors (Lipinski definition) is 1. The van der Waals surface area contributed by atoms with Crippen LogP contribution < -0.4 is 5.32 Å². The van der Waals surface area contributed by atoms with Gasteiger partial charge in [-0.1, -0.05) is 17.7 Å². The summed E-state index contributed by atoms with van der Waals surface area (Å²) in [6.45, 7) is 5.90. The van der Waals surface area contributed by atoms with Crippen LogP contribution in [0.1, 0.15) is 18.4 Å². The first-order valence-electron chi connectivity index (χ1n) is 7.85. The van der Waals surface area contributed by atoms with Gasteiger partial charge in [0.2, 0.25) is 5.91 Å². The Balaban J connectivity index is 1.46. The molecule has 0 spiro atoms. The van der Waals surface area contributed by atoms with Gasteiger partial charge in [-0.2, -0.15) is 0 Å². The molecule has 1 amide bonds. The molecule has 1 aromatic rings. The highest BCUT2D eigenvalue weighted by molar-refractivity contribution is 8.00. The number of rotatable bonds is 9. The van der Waals surface area contributed by atoms with Gasteiger partial charge in [-0.25, -0.2) is 0 Å². The first kappa shape index (κ1) is 17.3. The molecule has 1 aliphatic rings. The zero-order chi connectivity index (χ0) is 15.6. The third-order valence-electron chi connectivity index (χ3n) is 3.56. The Bertz CT molecular complexity index is 444. The lowest BCUT2D eigenvalue weighted by Gasteiger charge is -2.09. The van der Waals surface area contributed by atoms with Crippen molar-refractivity contribution in [2.75, 3.05) is 38.7 Å². The molecular weight excluding hydrogens is 298 g/mol. The molecule has 1 N–H and O–H groups in total. The van der Waals surface area contributed by atoms with Crippen molar-refractivity contribution >= 4 is 17.7 Å². The molecular formula is C17H25NO3S. The van der Waals surface area contributed by atoms with E-state index in [1.54, 1.807) is 11.8 Å². The standard InChI is InChI=1S/C17H25NO3S/c1-14-3-5-16(6-4-14)22-13-17(19)18-8-2-9-20-11-15-7-10-21-12-15/h3-6,15H,2,7-13H2,1H3,(H,18,19). The number of thioether (sulfide) groups is 1. The number of amides is 1. The summed E-state index contributed by atoms with van der Waals surface area (Å²) in [6.07, 6.45) is 1.96. The highest BCUT2D eigenvalue weighted by atomic mass is 32.2. The summed E-state index contributed by atoms with van der Waals surface area (Å²) in [7, 11) is 0. The number of hydrogen-bond acceptors (Lipinski definition) is 4. The van der Waals surface area contributed by atoms with E-state index in [0.717, 1.165) is 37.6 Å². The maximum atomic E-state index is 11.7. The lowest BCUT2D eigenvalue weighted by Crippen LogP contribution is -2.27. The van der Waals surface area contributed by atoms with Crippen LogP contribution in [0, 0.1) is 12.8 Å². The molecule has 0 aliphatic carbocycles. The third kappa shape index (κ3) is 6.81. The van der Waals surface area contributed by atoms with Gasteiger partial charge >= 0.3 is 0 Å². The Morgan fingerprint density at radius 1 is 1.41 bits per heavy atom. The van der Waals surface area contributed by atoms with Crippen molar-refractivity contribution in [2.45, 2.75) is 24.7 Å². The molecule has 4 nitrogen and oxygen atoms in total. The van der Waals surface area contributed by atoms with Crippen LogP contribution in [-0.2, 0) is 14.3 Å². The number of carbonyl (C=O) groups excluding carboxylic acids is 1. The topological polar surface area (TPSA) is 47.6 Å². The highest BCUT2D eigenvalue weighted by Crippen LogP contribution is 2.17. The molecule has 2 rings (SSSR count). The number of ether oxygens (including phenoxy) is 2. The summed E-state index contributed by atoms with van der Waals surface area (Å²) in [4.78, 5) is 12.9. The van der Waals surface area contributed by atoms with Gasteiger partial charge in [-0.3, -0.25) is 4.79 Å². The van der Waals surface area contributed by atoms with Crippen LogP contribution in [0.5, 0.6) is 0 Å². The molecule has 5 heteroatoms. The van der Waals surface area contributed by atoms with Crippen molar-refractivity contribution in [3.63, 3.8) is 0 Å². The minimum Gasteiger partial charge on any atom is -0.381 e. The quantitative estimate of drug-likeness (QED) is 0.561. The van der Waals surface area contributed by atoms with Crippen molar-refractivity contribution in [1.29, 1.82) is 0 Å². The fraction of sp³-hybridized carbons (Fsp3) is 0.588.